The Bertz CT molecular complexity index is 1130. The highest BCUT2D eigenvalue weighted by Crippen LogP contribution is 2.26. The number of sulfonamides is 1. The summed E-state index contributed by atoms with van der Waals surface area (Å²) in [5, 5.41) is 5.17. The van der Waals surface area contributed by atoms with Crippen LogP contribution < -0.4 is 5.32 Å². The summed E-state index contributed by atoms with van der Waals surface area (Å²) in [6.45, 7) is 3.15. The molecule has 2 heterocycles. The molecule has 0 saturated carbocycles. The zero-order valence-corrected chi connectivity index (χ0v) is 18.2. The molecule has 0 bridgehead atoms. The molecule has 0 spiro atoms. The molecule has 1 aliphatic rings. The smallest absolute Gasteiger partial charge is 0.257 e. The lowest BCUT2D eigenvalue weighted by atomic mass is 10.0. The van der Waals surface area contributed by atoms with Gasteiger partial charge in [-0.15, -0.1) is 11.3 Å². The van der Waals surface area contributed by atoms with Gasteiger partial charge in [0.05, 0.1) is 10.6 Å². The average molecular weight is 442 g/mol. The second-order valence-electron chi connectivity index (χ2n) is 7.49. The highest BCUT2D eigenvalue weighted by molar-refractivity contribution is 7.89. The SMILES string of the molecule is CC1CCCN(S(=O)(=O)c2ccc(C(=O)Nc3nc(-c4ccccc4)cs3)cc2)C1. The number of nitrogens with zero attached hydrogens (tertiary/aromatic N) is 2. The van der Waals surface area contributed by atoms with Crippen molar-refractivity contribution in [3.8, 4) is 11.3 Å². The van der Waals surface area contributed by atoms with Gasteiger partial charge < -0.3 is 0 Å². The van der Waals surface area contributed by atoms with E-state index in [4.69, 9.17) is 0 Å². The molecule has 30 heavy (non-hydrogen) atoms. The van der Waals surface area contributed by atoms with Crippen molar-refractivity contribution in [1.29, 1.82) is 0 Å². The topological polar surface area (TPSA) is 79.4 Å². The van der Waals surface area contributed by atoms with Gasteiger partial charge in [-0.25, -0.2) is 13.4 Å². The van der Waals surface area contributed by atoms with E-state index in [-0.39, 0.29) is 10.8 Å². The molecule has 6 nitrogen and oxygen atoms in total. The molecule has 1 amide bonds. The summed E-state index contributed by atoms with van der Waals surface area (Å²) >= 11 is 1.35. The normalized spacial score (nSPS) is 17.6. The highest BCUT2D eigenvalue weighted by atomic mass is 32.2. The van der Waals surface area contributed by atoms with Crippen LogP contribution in [0.15, 0.2) is 64.9 Å². The molecule has 1 atom stereocenters. The molecule has 1 unspecified atom stereocenters. The first-order valence-corrected chi connectivity index (χ1v) is 12.2. The fourth-order valence-corrected chi connectivity index (χ4v) is 5.85. The van der Waals surface area contributed by atoms with Gasteiger partial charge in [-0.05, 0) is 43.0 Å². The van der Waals surface area contributed by atoms with Crippen LogP contribution in [0.5, 0.6) is 0 Å². The second-order valence-corrected chi connectivity index (χ2v) is 10.3. The minimum absolute atomic E-state index is 0.216. The molecule has 1 aromatic heterocycles. The van der Waals surface area contributed by atoms with Crippen LogP contribution >= 0.6 is 11.3 Å². The number of amides is 1. The van der Waals surface area contributed by atoms with Gasteiger partial charge >= 0.3 is 0 Å². The maximum atomic E-state index is 12.9. The molecule has 3 aromatic rings. The van der Waals surface area contributed by atoms with Crippen molar-refractivity contribution in [2.24, 2.45) is 5.92 Å². The van der Waals surface area contributed by atoms with Crippen LogP contribution in [0, 0.1) is 5.92 Å². The lowest BCUT2D eigenvalue weighted by molar-refractivity contribution is 0.102. The number of anilines is 1. The molecular formula is C22H23N3O3S2. The summed E-state index contributed by atoms with van der Waals surface area (Å²) < 4.78 is 27.3. The fourth-order valence-electron chi connectivity index (χ4n) is 3.53. The van der Waals surface area contributed by atoms with Crippen molar-refractivity contribution < 1.29 is 13.2 Å². The van der Waals surface area contributed by atoms with Crippen molar-refractivity contribution >= 4 is 32.4 Å². The number of thiazole rings is 1. The van der Waals surface area contributed by atoms with E-state index in [9.17, 15) is 13.2 Å². The van der Waals surface area contributed by atoms with E-state index >= 15 is 0 Å². The lowest BCUT2D eigenvalue weighted by Gasteiger charge is -2.30. The molecule has 0 radical (unpaired) electrons. The maximum Gasteiger partial charge on any atom is 0.257 e. The molecular weight excluding hydrogens is 418 g/mol. The molecule has 1 N–H and O–H groups in total. The summed E-state index contributed by atoms with van der Waals surface area (Å²) in [5.74, 6) is 0.0390. The van der Waals surface area contributed by atoms with Gasteiger partial charge in [0, 0.05) is 29.6 Å². The molecule has 156 valence electrons. The third-order valence-electron chi connectivity index (χ3n) is 5.17. The van der Waals surface area contributed by atoms with E-state index in [1.165, 1.54) is 27.8 Å². The minimum atomic E-state index is -3.53. The van der Waals surface area contributed by atoms with E-state index in [1.54, 1.807) is 12.1 Å². The molecule has 8 heteroatoms. The van der Waals surface area contributed by atoms with Gasteiger partial charge in [-0.3, -0.25) is 10.1 Å². The van der Waals surface area contributed by atoms with Crippen LogP contribution in [0.2, 0.25) is 0 Å². The second kappa shape index (κ2) is 8.67. The molecule has 1 fully saturated rings. The van der Waals surface area contributed by atoms with E-state index < -0.39 is 10.0 Å². The minimum Gasteiger partial charge on any atom is -0.298 e. The number of piperidine rings is 1. The molecule has 4 rings (SSSR count). The lowest BCUT2D eigenvalue weighted by Crippen LogP contribution is -2.39. The average Bonchev–Trinajstić information content (AvgIpc) is 3.23. The van der Waals surface area contributed by atoms with Crippen LogP contribution in [0.1, 0.15) is 30.1 Å². The predicted molar refractivity (Wildman–Crippen MR) is 119 cm³/mol. The van der Waals surface area contributed by atoms with Crippen molar-refractivity contribution in [2.45, 2.75) is 24.7 Å². The molecule has 2 aromatic carbocycles. The number of benzene rings is 2. The third kappa shape index (κ3) is 4.45. The largest absolute Gasteiger partial charge is 0.298 e. The van der Waals surface area contributed by atoms with Crippen molar-refractivity contribution in [1.82, 2.24) is 9.29 Å². The molecule has 1 aliphatic heterocycles. The number of carbonyl (C=O) groups excluding carboxylic acids is 1. The maximum absolute atomic E-state index is 12.9. The van der Waals surface area contributed by atoms with Gasteiger partial charge in [-0.1, -0.05) is 37.3 Å². The first-order chi connectivity index (χ1) is 14.4. The number of aromatic nitrogens is 1. The summed E-state index contributed by atoms with van der Waals surface area (Å²) in [5.41, 5.74) is 2.17. The van der Waals surface area contributed by atoms with Crippen molar-refractivity contribution in [2.75, 3.05) is 18.4 Å². The Labute approximate surface area is 180 Å². The molecule has 0 aliphatic carbocycles. The fraction of sp³-hybridized carbons (Fsp3) is 0.273. The Hall–Kier alpha value is -2.55. The quantitative estimate of drug-likeness (QED) is 0.633. The highest BCUT2D eigenvalue weighted by Gasteiger charge is 2.28. The van der Waals surface area contributed by atoms with Gasteiger partial charge in [0.15, 0.2) is 5.13 Å². The number of hydrogen-bond acceptors (Lipinski definition) is 5. The first kappa shape index (κ1) is 20.7. The summed E-state index contributed by atoms with van der Waals surface area (Å²) in [7, 11) is -3.53. The first-order valence-electron chi connectivity index (χ1n) is 9.86. The number of hydrogen-bond donors (Lipinski definition) is 1. The zero-order valence-electron chi connectivity index (χ0n) is 16.6. The third-order valence-corrected chi connectivity index (χ3v) is 7.81. The van der Waals surface area contributed by atoms with Gasteiger partial charge in [0.2, 0.25) is 10.0 Å². The Morgan fingerprint density at radius 1 is 1.13 bits per heavy atom. The van der Waals surface area contributed by atoms with Gasteiger partial charge in [0.1, 0.15) is 0 Å². The van der Waals surface area contributed by atoms with E-state index in [2.05, 4.69) is 17.2 Å². The summed E-state index contributed by atoms with van der Waals surface area (Å²) in [4.78, 5) is 17.2. The number of rotatable bonds is 5. The Kier molecular flexibility index (Phi) is 5.99. The van der Waals surface area contributed by atoms with Gasteiger partial charge in [-0.2, -0.15) is 4.31 Å². The van der Waals surface area contributed by atoms with Crippen LogP contribution in [0.25, 0.3) is 11.3 Å². The summed E-state index contributed by atoms with van der Waals surface area (Å²) in [6.07, 6.45) is 1.92. The monoisotopic (exact) mass is 441 g/mol. The molecule has 1 saturated heterocycles. The van der Waals surface area contributed by atoms with Crippen LogP contribution in [-0.4, -0.2) is 36.7 Å². The van der Waals surface area contributed by atoms with E-state index in [0.29, 0.717) is 29.7 Å². The van der Waals surface area contributed by atoms with Gasteiger partial charge in [0.25, 0.3) is 5.91 Å². The Morgan fingerprint density at radius 2 is 1.87 bits per heavy atom. The van der Waals surface area contributed by atoms with Crippen LogP contribution in [0.4, 0.5) is 5.13 Å². The van der Waals surface area contributed by atoms with Crippen molar-refractivity contribution in [3.63, 3.8) is 0 Å². The predicted octanol–water partition coefficient (Wildman–Crippen LogP) is 4.48. The van der Waals surface area contributed by atoms with Crippen LogP contribution in [0.3, 0.4) is 0 Å². The Morgan fingerprint density at radius 3 is 2.57 bits per heavy atom. The number of carbonyl (C=O) groups is 1. The summed E-state index contributed by atoms with van der Waals surface area (Å²) in [6, 6.07) is 15.8. The standard InChI is InChI=1S/C22H23N3O3S2/c1-16-6-5-13-25(14-16)30(27,28)19-11-9-18(10-12-19)21(26)24-22-23-20(15-29-22)17-7-3-2-4-8-17/h2-4,7-12,15-16H,5-6,13-14H2,1H3,(H,23,24,26). The Balaban J connectivity index is 1.45. The van der Waals surface area contributed by atoms with E-state index in [1.807, 2.05) is 35.7 Å². The zero-order chi connectivity index (χ0) is 21.1. The van der Waals surface area contributed by atoms with Crippen LogP contribution in [-0.2, 0) is 10.0 Å². The number of nitrogens with one attached hydrogen (secondary N) is 1. The van der Waals surface area contributed by atoms with E-state index in [0.717, 1.165) is 24.1 Å². The van der Waals surface area contributed by atoms with Crippen molar-refractivity contribution in [3.05, 3.63) is 65.5 Å².